The number of nitrogens with zero attached hydrogens (tertiary/aromatic N) is 2. The molecule has 1 aliphatic rings. The summed E-state index contributed by atoms with van der Waals surface area (Å²) in [6.45, 7) is 2.42. The highest BCUT2D eigenvalue weighted by Gasteiger charge is 2.18. The van der Waals surface area contributed by atoms with Crippen molar-refractivity contribution < 1.29 is 4.79 Å². The molecule has 0 aliphatic carbocycles. The van der Waals surface area contributed by atoms with Crippen molar-refractivity contribution in [2.45, 2.75) is 25.7 Å². The van der Waals surface area contributed by atoms with Crippen LogP contribution in [0.25, 0.3) is 0 Å². The van der Waals surface area contributed by atoms with Gasteiger partial charge in [-0.2, -0.15) is 0 Å². The lowest BCUT2D eigenvalue weighted by molar-refractivity contribution is -0.124. The Balaban J connectivity index is 2.03. The summed E-state index contributed by atoms with van der Waals surface area (Å²) in [6, 6.07) is 0. The van der Waals surface area contributed by atoms with Crippen LogP contribution in [0.4, 0.5) is 0 Å². The molecule has 1 rings (SSSR count). The molecule has 1 aliphatic heterocycles. The van der Waals surface area contributed by atoms with Crippen molar-refractivity contribution in [1.82, 2.24) is 15.3 Å². The number of rotatable bonds is 5. The fourth-order valence-corrected chi connectivity index (χ4v) is 2.12. The lowest BCUT2D eigenvalue weighted by Gasteiger charge is -2.13. The normalized spacial score (nSPS) is 22.3. The molecule has 1 amide bonds. The van der Waals surface area contributed by atoms with Crippen molar-refractivity contribution in [3.63, 3.8) is 0 Å². The molecular weight excluding hydrogens is 190 g/mol. The Hall–Kier alpha value is -0.610. The second-order valence-corrected chi connectivity index (χ2v) is 4.74. The van der Waals surface area contributed by atoms with Gasteiger partial charge in [-0.1, -0.05) is 0 Å². The molecule has 1 atom stereocenters. The first-order chi connectivity index (χ1) is 7.08. The number of amides is 1. The van der Waals surface area contributed by atoms with Crippen LogP contribution in [0.5, 0.6) is 0 Å². The highest BCUT2D eigenvalue weighted by molar-refractivity contribution is 5.75. The van der Waals surface area contributed by atoms with Crippen LogP contribution < -0.4 is 5.43 Å². The molecule has 4 nitrogen and oxygen atoms in total. The average Bonchev–Trinajstić information content (AvgIpc) is 2.50. The third-order valence-corrected chi connectivity index (χ3v) is 2.85. The summed E-state index contributed by atoms with van der Waals surface area (Å²) in [5.41, 5.74) is 2.76. The van der Waals surface area contributed by atoms with Gasteiger partial charge >= 0.3 is 0 Å². The van der Waals surface area contributed by atoms with Crippen LogP contribution in [-0.4, -0.2) is 50.0 Å². The maximum atomic E-state index is 11.3. The maximum absolute atomic E-state index is 11.3. The smallest absolute Gasteiger partial charge is 0.234 e. The Kier molecular flexibility index (Phi) is 5.05. The van der Waals surface area contributed by atoms with Gasteiger partial charge in [0.25, 0.3) is 0 Å². The Morgan fingerprint density at radius 2 is 2.27 bits per heavy atom. The largest absolute Gasteiger partial charge is 0.306 e. The predicted molar refractivity (Wildman–Crippen MR) is 61.3 cm³/mol. The van der Waals surface area contributed by atoms with Gasteiger partial charge in [0.2, 0.25) is 5.91 Å². The summed E-state index contributed by atoms with van der Waals surface area (Å²) in [7, 11) is 5.84. The summed E-state index contributed by atoms with van der Waals surface area (Å²) >= 11 is 0. The predicted octanol–water partition coefficient (Wildman–Crippen LogP) is 0.701. The molecule has 88 valence electrons. The molecule has 4 heteroatoms. The summed E-state index contributed by atoms with van der Waals surface area (Å²) in [5, 5.41) is 1.70. The molecule has 0 bridgehead atoms. The zero-order chi connectivity index (χ0) is 11.3. The Bertz CT molecular complexity index is 206. The molecule has 0 spiro atoms. The first kappa shape index (κ1) is 12.5. The fraction of sp³-hybridized carbons (Fsp3) is 0.909. The zero-order valence-corrected chi connectivity index (χ0v) is 10.1. The van der Waals surface area contributed by atoms with E-state index >= 15 is 0 Å². The minimum Gasteiger partial charge on any atom is -0.306 e. The number of carbonyl (C=O) groups is 1. The van der Waals surface area contributed by atoms with Crippen LogP contribution in [0, 0.1) is 5.92 Å². The fourth-order valence-electron chi connectivity index (χ4n) is 2.12. The molecule has 1 saturated heterocycles. The lowest BCUT2D eigenvalue weighted by atomic mass is 10.0. The SMILES string of the molecule is CN1CCC(CCCC(=O)NN(C)C)C1. The summed E-state index contributed by atoms with van der Waals surface area (Å²) < 4.78 is 0. The molecule has 0 radical (unpaired) electrons. The van der Waals surface area contributed by atoms with Gasteiger partial charge in [-0.3, -0.25) is 10.2 Å². The van der Waals surface area contributed by atoms with E-state index < -0.39 is 0 Å². The van der Waals surface area contributed by atoms with Gasteiger partial charge in [0.1, 0.15) is 0 Å². The van der Waals surface area contributed by atoms with Gasteiger partial charge in [0.05, 0.1) is 0 Å². The number of carbonyl (C=O) groups excluding carboxylic acids is 1. The number of nitrogens with one attached hydrogen (secondary N) is 1. The van der Waals surface area contributed by atoms with E-state index in [4.69, 9.17) is 0 Å². The van der Waals surface area contributed by atoms with E-state index in [9.17, 15) is 4.79 Å². The van der Waals surface area contributed by atoms with Crippen molar-refractivity contribution in [2.75, 3.05) is 34.2 Å². The Morgan fingerprint density at radius 1 is 1.53 bits per heavy atom. The van der Waals surface area contributed by atoms with Crippen molar-refractivity contribution in [3.05, 3.63) is 0 Å². The molecule has 1 N–H and O–H groups in total. The molecule has 0 saturated carbocycles. The second kappa shape index (κ2) is 6.08. The molecule has 1 heterocycles. The van der Waals surface area contributed by atoms with Crippen LogP contribution in [0.3, 0.4) is 0 Å². The zero-order valence-electron chi connectivity index (χ0n) is 10.1. The molecule has 15 heavy (non-hydrogen) atoms. The molecule has 1 fully saturated rings. The van der Waals surface area contributed by atoms with Crippen molar-refractivity contribution in [3.8, 4) is 0 Å². The van der Waals surface area contributed by atoms with Crippen LogP contribution in [0.1, 0.15) is 25.7 Å². The minimum absolute atomic E-state index is 0.131. The summed E-state index contributed by atoms with van der Waals surface area (Å²) in [4.78, 5) is 13.7. The number of hydrogen-bond acceptors (Lipinski definition) is 3. The minimum atomic E-state index is 0.131. The van der Waals surface area contributed by atoms with E-state index in [1.807, 2.05) is 14.1 Å². The molecular formula is C11H23N3O. The number of likely N-dealkylation sites (tertiary alicyclic amines) is 1. The maximum Gasteiger partial charge on any atom is 0.234 e. The highest BCUT2D eigenvalue weighted by Crippen LogP contribution is 2.20. The van der Waals surface area contributed by atoms with Crippen LogP contribution in [0.15, 0.2) is 0 Å². The van der Waals surface area contributed by atoms with Crippen LogP contribution in [-0.2, 0) is 4.79 Å². The monoisotopic (exact) mass is 213 g/mol. The van der Waals surface area contributed by atoms with E-state index in [0.29, 0.717) is 6.42 Å². The number of hydrazine groups is 1. The van der Waals surface area contributed by atoms with E-state index in [-0.39, 0.29) is 5.91 Å². The van der Waals surface area contributed by atoms with Gasteiger partial charge < -0.3 is 4.90 Å². The molecule has 0 aromatic rings. The Morgan fingerprint density at radius 3 is 2.80 bits per heavy atom. The van der Waals surface area contributed by atoms with E-state index in [1.165, 1.54) is 25.9 Å². The molecule has 0 aromatic carbocycles. The first-order valence-electron chi connectivity index (χ1n) is 5.73. The van der Waals surface area contributed by atoms with Gasteiger partial charge in [-0.15, -0.1) is 0 Å². The third-order valence-electron chi connectivity index (χ3n) is 2.85. The Labute approximate surface area is 92.6 Å². The van der Waals surface area contributed by atoms with Gasteiger partial charge in [0, 0.05) is 27.1 Å². The quantitative estimate of drug-likeness (QED) is 0.683. The molecule has 0 aromatic heterocycles. The van der Waals surface area contributed by atoms with Gasteiger partial charge in [-0.05, 0) is 38.8 Å². The van der Waals surface area contributed by atoms with Crippen molar-refractivity contribution in [1.29, 1.82) is 0 Å². The summed E-state index contributed by atoms with van der Waals surface area (Å²) in [6.07, 6.45) is 4.15. The standard InChI is InChI=1S/C11H23N3O/c1-13(2)12-11(15)6-4-5-10-7-8-14(3)9-10/h10H,4-9H2,1-3H3,(H,12,15). The number of hydrogen-bond donors (Lipinski definition) is 1. The van der Waals surface area contributed by atoms with E-state index in [2.05, 4.69) is 17.4 Å². The van der Waals surface area contributed by atoms with Crippen LogP contribution >= 0.6 is 0 Å². The third kappa shape index (κ3) is 5.14. The highest BCUT2D eigenvalue weighted by atomic mass is 16.2. The van der Waals surface area contributed by atoms with Crippen molar-refractivity contribution in [2.24, 2.45) is 5.92 Å². The van der Waals surface area contributed by atoms with Gasteiger partial charge in [-0.25, -0.2) is 5.01 Å². The summed E-state index contributed by atoms with van der Waals surface area (Å²) in [5.74, 6) is 0.938. The van der Waals surface area contributed by atoms with Crippen molar-refractivity contribution >= 4 is 5.91 Å². The van der Waals surface area contributed by atoms with E-state index in [0.717, 1.165) is 12.3 Å². The topological polar surface area (TPSA) is 35.6 Å². The first-order valence-corrected chi connectivity index (χ1v) is 5.73. The van der Waals surface area contributed by atoms with Gasteiger partial charge in [0.15, 0.2) is 0 Å². The second-order valence-electron chi connectivity index (χ2n) is 4.74. The molecule has 1 unspecified atom stereocenters. The lowest BCUT2D eigenvalue weighted by Crippen LogP contribution is -2.35. The average molecular weight is 213 g/mol. The van der Waals surface area contributed by atoms with Crippen LogP contribution in [0.2, 0.25) is 0 Å². The van der Waals surface area contributed by atoms with E-state index in [1.54, 1.807) is 5.01 Å².